The molecule has 0 aliphatic rings. The van der Waals surface area contributed by atoms with E-state index in [0.717, 1.165) is 12.1 Å². The number of nitro groups is 1. The second kappa shape index (κ2) is 4.78. The number of nitro benzene ring substituents is 1. The molecule has 1 heterocycles. The van der Waals surface area contributed by atoms with Gasteiger partial charge in [-0.1, -0.05) is 0 Å². The van der Waals surface area contributed by atoms with Gasteiger partial charge in [-0.3, -0.25) is 10.1 Å². The van der Waals surface area contributed by atoms with Crippen LogP contribution in [-0.2, 0) is 13.6 Å². The quantitative estimate of drug-likeness (QED) is 0.657. The van der Waals surface area contributed by atoms with Gasteiger partial charge in [-0.25, -0.2) is 4.39 Å². The Labute approximate surface area is 101 Å². The molecule has 0 bridgehead atoms. The van der Waals surface area contributed by atoms with Crippen LogP contribution in [0.5, 0.6) is 0 Å². The van der Waals surface area contributed by atoms with E-state index in [2.05, 4.69) is 15.5 Å². The van der Waals surface area contributed by atoms with E-state index in [-0.39, 0.29) is 17.9 Å². The minimum atomic E-state index is -0.647. The van der Waals surface area contributed by atoms with E-state index in [1.54, 1.807) is 11.6 Å². The van der Waals surface area contributed by atoms with Crippen molar-refractivity contribution in [3.05, 3.63) is 46.3 Å². The second-order valence-electron chi connectivity index (χ2n) is 3.63. The van der Waals surface area contributed by atoms with Crippen LogP contribution in [0.15, 0.2) is 24.5 Å². The fourth-order valence-electron chi connectivity index (χ4n) is 1.45. The average Bonchev–Trinajstić information content (AvgIpc) is 2.73. The minimum absolute atomic E-state index is 0.240. The topological polar surface area (TPSA) is 85.9 Å². The lowest BCUT2D eigenvalue weighted by Crippen LogP contribution is -2.07. The molecule has 1 aromatic heterocycles. The number of benzene rings is 1. The highest BCUT2D eigenvalue weighted by atomic mass is 19.1. The van der Waals surface area contributed by atoms with Crippen molar-refractivity contribution in [2.24, 2.45) is 7.05 Å². The first-order valence-corrected chi connectivity index (χ1v) is 5.08. The maximum Gasteiger partial charge on any atom is 0.295 e. The van der Waals surface area contributed by atoms with Crippen LogP contribution < -0.4 is 5.32 Å². The first-order valence-electron chi connectivity index (χ1n) is 5.08. The van der Waals surface area contributed by atoms with Crippen LogP contribution in [0.3, 0.4) is 0 Å². The largest absolute Gasteiger partial charge is 0.372 e. The summed E-state index contributed by atoms with van der Waals surface area (Å²) in [7, 11) is 1.76. The van der Waals surface area contributed by atoms with Gasteiger partial charge in [0, 0.05) is 7.05 Å². The third kappa shape index (κ3) is 2.42. The Bertz CT molecular complexity index is 583. The average molecular weight is 251 g/mol. The molecule has 0 aliphatic carbocycles. The number of hydrogen-bond acceptors (Lipinski definition) is 5. The Hall–Kier alpha value is -2.51. The van der Waals surface area contributed by atoms with E-state index in [1.807, 2.05) is 0 Å². The van der Waals surface area contributed by atoms with Crippen LogP contribution >= 0.6 is 0 Å². The Morgan fingerprint density at radius 1 is 1.56 bits per heavy atom. The summed E-state index contributed by atoms with van der Waals surface area (Å²) in [5.41, 5.74) is -0.0680. The van der Waals surface area contributed by atoms with Crippen molar-refractivity contribution in [2.45, 2.75) is 6.54 Å². The van der Waals surface area contributed by atoms with Crippen molar-refractivity contribution in [1.29, 1.82) is 0 Å². The predicted molar refractivity (Wildman–Crippen MR) is 61.4 cm³/mol. The zero-order valence-corrected chi connectivity index (χ0v) is 9.50. The molecule has 0 atom stereocenters. The van der Waals surface area contributed by atoms with Crippen LogP contribution in [-0.4, -0.2) is 19.7 Å². The van der Waals surface area contributed by atoms with E-state index in [9.17, 15) is 14.5 Å². The maximum atomic E-state index is 12.9. The minimum Gasteiger partial charge on any atom is -0.372 e. The number of halogens is 1. The molecule has 0 aliphatic heterocycles. The lowest BCUT2D eigenvalue weighted by molar-refractivity contribution is -0.384. The maximum absolute atomic E-state index is 12.9. The van der Waals surface area contributed by atoms with E-state index in [4.69, 9.17) is 0 Å². The molecule has 0 unspecified atom stereocenters. The molecule has 0 fully saturated rings. The first-order chi connectivity index (χ1) is 8.58. The lowest BCUT2D eigenvalue weighted by atomic mass is 10.2. The molecule has 0 amide bonds. The van der Waals surface area contributed by atoms with Gasteiger partial charge in [-0.15, -0.1) is 10.2 Å². The van der Waals surface area contributed by atoms with Gasteiger partial charge < -0.3 is 9.88 Å². The number of rotatable bonds is 4. The number of nitrogens with one attached hydrogen (secondary N) is 1. The van der Waals surface area contributed by atoms with Crippen molar-refractivity contribution < 1.29 is 9.31 Å². The van der Waals surface area contributed by atoms with Gasteiger partial charge in [-0.05, 0) is 12.1 Å². The summed E-state index contributed by atoms with van der Waals surface area (Å²) in [5, 5.41) is 21.1. The van der Waals surface area contributed by atoms with Crippen molar-refractivity contribution in [3.63, 3.8) is 0 Å². The predicted octanol–water partition coefficient (Wildman–Crippen LogP) is 1.47. The summed E-state index contributed by atoms with van der Waals surface area (Å²) in [6.45, 7) is 0.267. The molecule has 8 heteroatoms. The third-order valence-corrected chi connectivity index (χ3v) is 2.40. The van der Waals surface area contributed by atoms with E-state index >= 15 is 0 Å². The Morgan fingerprint density at radius 2 is 2.33 bits per heavy atom. The van der Waals surface area contributed by atoms with Crippen LogP contribution in [0.4, 0.5) is 15.8 Å². The lowest BCUT2D eigenvalue weighted by Gasteiger charge is -2.06. The summed E-state index contributed by atoms with van der Waals surface area (Å²) in [4.78, 5) is 10.1. The molecule has 0 radical (unpaired) electrons. The Kier molecular flexibility index (Phi) is 3.18. The highest BCUT2D eigenvalue weighted by Crippen LogP contribution is 2.25. The van der Waals surface area contributed by atoms with Crippen molar-refractivity contribution in [2.75, 3.05) is 5.32 Å². The molecule has 1 N–H and O–H groups in total. The molecule has 7 nitrogen and oxygen atoms in total. The van der Waals surface area contributed by atoms with Crippen LogP contribution in [0.1, 0.15) is 5.82 Å². The summed E-state index contributed by atoms with van der Waals surface area (Å²) in [6, 6.07) is 3.36. The fraction of sp³-hybridized carbons (Fsp3) is 0.200. The zero-order chi connectivity index (χ0) is 13.1. The van der Waals surface area contributed by atoms with Crippen molar-refractivity contribution >= 4 is 11.4 Å². The molecular formula is C10H10FN5O2. The molecule has 0 spiro atoms. The van der Waals surface area contributed by atoms with Gasteiger partial charge in [0.25, 0.3) is 5.69 Å². The Balaban J connectivity index is 2.19. The summed E-state index contributed by atoms with van der Waals surface area (Å²) in [5.74, 6) is -0.0282. The van der Waals surface area contributed by atoms with Gasteiger partial charge in [0.2, 0.25) is 0 Å². The SMILES string of the molecule is Cn1cnnc1CNc1ccc(F)cc1[N+](=O)[O-]. The van der Waals surface area contributed by atoms with Gasteiger partial charge in [0.15, 0.2) is 5.82 Å². The second-order valence-corrected chi connectivity index (χ2v) is 3.63. The van der Waals surface area contributed by atoms with Crippen LogP contribution in [0.2, 0.25) is 0 Å². The monoisotopic (exact) mass is 251 g/mol. The normalized spacial score (nSPS) is 10.3. The van der Waals surface area contributed by atoms with Gasteiger partial charge >= 0.3 is 0 Å². The van der Waals surface area contributed by atoms with E-state index < -0.39 is 10.7 Å². The van der Waals surface area contributed by atoms with Crippen molar-refractivity contribution in [3.8, 4) is 0 Å². The fourth-order valence-corrected chi connectivity index (χ4v) is 1.45. The molecule has 0 saturated heterocycles. The highest BCUT2D eigenvalue weighted by molar-refractivity contribution is 5.61. The summed E-state index contributed by atoms with van der Waals surface area (Å²) >= 11 is 0. The van der Waals surface area contributed by atoms with E-state index in [0.29, 0.717) is 5.82 Å². The van der Waals surface area contributed by atoms with Gasteiger partial charge in [0.1, 0.15) is 17.8 Å². The molecule has 2 rings (SSSR count). The molecule has 2 aromatic rings. The number of anilines is 1. The number of aryl methyl sites for hydroxylation is 1. The summed E-state index contributed by atoms with van der Waals surface area (Å²) in [6.07, 6.45) is 1.52. The number of aromatic nitrogens is 3. The highest BCUT2D eigenvalue weighted by Gasteiger charge is 2.15. The molecule has 18 heavy (non-hydrogen) atoms. The molecule has 0 saturated carbocycles. The standard InChI is InChI=1S/C10H10FN5O2/c1-15-6-13-14-10(15)5-12-8-3-2-7(11)4-9(8)16(17)18/h2-4,6,12H,5H2,1H3. The first kappa shape index (κ1) is 12.0. The van der Waals surface area contributed by atoms with Crippen LogP contribution in [0, 0.1) is 15.9 Å². The van der Waals surface area contributed by atoms with Crippen LogP contribution in [0.25, 0.3) is 0 Å². The smallest absolute Gasteiger partial charge is 0.295 e. The van der Waals surface area contributed by atoms with Gasteiger partial charge in [-0.2, -0.15) is 0 Å². The summed E-state index contributed by atoms with van der Waals surface area (Å²) < 4.78 is 14.6. The molecule has 1 aromatic carbocycles. The molecule has 94 valence electrons. The number of hydrogen-bond donors (Lipinski definition) is 1. The van der Waals surface area contributed by atoms with Crippen molar-refractivity contribution in [1.82, 2.24) is 14.8 Å². The van der Waals surface area contributed by atoms with Gasteiger partial charge in [0.05, 0.1) is 17.5 Å². The third-order valence-electron chi connectivity index (χ3n) is 2.40. The zero-order valence-electron chi connectivity index (χ0n) is 9.50. The number of nitrogens with zero attached hydrogens (tertiary/aromatic N) is 4. The Morgan fingerprint density at radius 3 is 2.94 bits per heavy atom. The van der Waals surface area contributed by atoms with E-state index in [1.165, 1.54) is 12.4 Å². The molecular weight excluding hydrogens is 241 g/mol.